The van der Waals surface area contributed by atoms with E-state index in [1.807, 2.05) is 48.5 Å². The van der Waals surface area contributed by atoms with Crippen molar-refractivity contribution >= 4 is 10.8 Å². The zero-order valence-corrected chi connectivity index (χ0v) is 17.5. The van der Waals surface area contributed by atoms with E-state index in [0.717, 1.165) is 28.3 Å². The van der Waals surface area contributed by atoms with Gasteiger partial charge in [-0.3, -0.25) is 0 Å². The molecule has 0 aliphatic rings. The number of rotatable bonds is 10. The van der Waals surface area contributed by atoms with E-state index >= 15 is 0 Å². The second-order valence-corrected chi connectivity index (χ2v) is 6.66. The lowest BCUT2D eigenvalue weighted by molar-refractivity contribution is 0.121. The lowest BCUT2D eigenvalue weighted by Crippen LogP contribution is -2.01. The minimum absolute atomic E-state index is 0.440. The van der Waals surface area contributed by atoms with Crippen LogP contribution in [0.25, 0.3) is 10.8 Å². The van der Waals surface area contributed by atoms with E-state index in [2.05, 4.69) is 6.92 Å². The van der Waals surface area contributed by atoms with E-state index in [1.54, 1.807) is 21.3 Å². The molecule has 3 aromatic rings. The van der Waals surface area contributed by atoms with E-state index in [4.69, 9.17) is 23.7 Å². The van der Waals surface area contributed by atoms with E-state index in [-0.39, 0.29) is 0 Å². The highest BCUT2D eigenvalue weighted by Crippen LogP contribution is 2.46. The monoisotopic (exact) mass is 396 g/mol. The van der Waals surface area contributed by atoms with E-state index in [9.17, 15) is 0 Å². The van der Waals surface area contributed by atoms with Crippen LogP contribution in [0.3, 0.4) is 0 Å². The standard InChI is InChI=1S/C24H28O5/c1-5-11-28-15-18-12-19-23(20(13-18)25-2)21(14-22(26-3)24(19)27-4)29-16-17-9-7-6-8-10-17/h6-10,12-14H,5,11,15-16H2,1-4H3. The first-order valence-corrected chi connectivity index (χ1v) is 9.71. The van der Waals surface area contributed by atoms with Crippen LogP contribution in [0, 0.1) is 0 Å². The zero-order valence-electron chi connectivity index (χ0n) is 17.5. The van der Waals surface area contributed by atoms with Crippen LogP contribution in [0.5, 0.6) is 23.0 Å². The topological polar surface area (TPSA) is 46.2 Å². The Kier molecular flexibility index (Phi) is 7.19. The summed E-state index contributed by atoms with van der Waals surface area (Å²) in [6, 6.07) is 15.9. The summed E-state index contributed by atoms with van der Waals surface area (Å²) in [4.78, 5) is 0. The Hall–Kier alpha value is -2.92. The summed E-state index contributed by atoms with van der Waals surface area (Å²) in [5.41, 5.74) is 2.09. The van der Waals surface area contributed by atoms with Gasteiger partial charge in [0.1, 0.15) is 18.1 Å². The van der Waals surface area contributed by atoms with Gasteiger partial charge >= 0.3 is 0 Å². The summed E-state index contributed by atoms with van der Waals surface area (Å²) >= 11 is 0. The predicted octanol–water partition coefficient (Wildman–Crippen LogP) is 5.37. The number of ether oxygens (including phenoxy) is 5. The summed E-state index contributed by atoms with van der Waals surface area (Å²) in [6.45, 7) is 3.74. The van der Waals surface area contributed by atoms with Gasteiger partial charge in [-0.25, -0.2) is 0 Å². The first kappa shape index (κ1) is 20.8. The molecule has 5 nitrogen and oxygen atoms in total. The highest BCUT2D eigenvalue weighted by molar-refractivity contribution is 6.00. The van der Waals surface area contributed by atoms with Crippen molar-refractivity contribution in [2.45, 2.75) is 26.6 Å². The minimum Gasteiger partial charge on any atom is -0.496 e. The molecule has 0 unspecified atom stereocenters. The van der Waals surface area contributed by atoms with Crippen molar-refractivity contribution in [2.24, 2.45) is 0 Å². The van der Waals surface area contributed by atoms with Gasteiger partial charge in [-0.2, -0.15) is 0 Å². The number of benzene rings is 3. The van der Waals surface area contributed by atoms with Gasteiger partial charge in [-0.15, -0.1) is 0 Å². The molecule has 0 aliphatic heterocycles. The summed E-state index contributed by atoms with van der Waals surface area (Å²) < 4.78 is 28.9. The van der Waals surface area contributed by atoms with Crippen LogP contribution < -0.4 is 18.9 Å². The molecule has 0 saturated heterocycles. The molecular formula is C24H28O5. The van der Waals surface area contributed by atoms with Crippen LogP contribution in [0.2, 0.25) is 0 Å². The maximum absolute atomic E-state index is 6.18. The molecule has 0 saturated carbocycles. The van der Waals surface area contributed by atoms with Crippen LogP contribution in [-0.4, -0.2) is 27.9 Å². The average molecular weight is 396 g/mol. The van der Waals surface area contributed by atoms with Gasteiger partial charge in [0.2, 0.25) is 0 Å². The van der Waals surface area contributed by atoms with Gasteiger partial charge < -0.3 is 23.7 Å². The Labute approximate surface area is 172 Å². The van der Waals surface area contributed by atoms with Gasteiger partial charge in [-0.05, 0) is 29.7 Å². The summed E-state index contributed by atoms with van der Waals surface area (Å²) in [6.07, 6.45) is 0.972. The lowest BCUT2D eigenvalue weighted by atomic mass is 10.0. The first-order chi connectivity index (χ1) is 14.2. The highest BCUT2D eigenvalue weighted by atomic mass is 16.5. The molecule has 0 aromatic heterocycles. The molecule has 0 atom stereocenters. The van der Waals surface area contributed by atoms with Crippen LogP contribution in [0.4, 0.5) is 0 Å². The van der Waals surface area contributed by atoms with Crippen molar-refractivity contribution < 1.29 is 23.7 Å². The quantitative estimate of drug-likeness (QED) is 0.431. The molecule has 5 heteroatoms. The molecule has 0 bridgehead atoms. The summed E-state index contributed by atoms with van der Waals surface area (Å²) in [5.74, 6) is 2.64. The Bertz CT molecular complexity index is 937. The first-order valence-electron chi connectivity index (χ1n) is 9.71. The third-order valence-corrected chi connectivity index (χ3v) is 4.64. The third-order valence-electron chi connectivity index (χ3n) is 4.64. The highest BCUT2D eigenvalue weighted by Gasteiger charge is 2.19. The molecule has 0 amide bonds. The van der Waals surface area contributed by atoms with Gasteiger partial charge in [0.15, 0.2) is 11.5 Å². The smallest absolute Gasteiger partial charge is 0.168 e. The van der Waals surface area contributed by atoms with Gasteiger partial charge in [-0.1, -0.05) is 37.3 Å². The molecule has 3 rings (SSSR count). The molecule has 0 aliphatic carbocycles. The Morgan fingerprint density at radius 1 is 0.724 bits per heavy atom. The second kappa shape index (κ2) is 10.0. The van der Waals surface area contributed by atoms with Gasteiger partial charge in [0.25, 0.3) is 0 Å². The number of fused-ring (bicyclic) bond motifs is 1. The molecule has 29 heavy (non-hydrogen) atoms. The molecule has 0 spiro atoms. The van der Waals surface area contributed by atoms with E-state index in [0.29, 0.717) is 42.8 Å². The van der Waals surface area contributed by atoms with Gasteiger partial charge in [0.05, 0.1) is 33.3 Å². The van der Waals surface area contributed by atoms with Crippen LogP contribution >= 0.6 is 0 Å². The molecule has 154 valence electrons. The molecule has 0 radical (unpaired) electrons. The minimum atomic E-state index is 0.440. The molecule has 0 fully saturated rings. The third kappa shape index (κ3) is 4.74. The predicted molar refractivity (Wildman–Crippen MR) is 114 cm³/mol. The lowest BCUT2D eigenvalue weighted by Gasteiger charge is -2.18. The van der Waals surface area contributed by atoms with E-state index < -0.39 is 0 Å². The number of hydrogen-bond donors (Lipinski definition) is 0. The maximum atomic E-state index is 6.18. The summed E-state index contributed by atoms with van der Waals surface area (Å²) in [5, 5.41) is 1.71. The van der Waals surface area contributed by atoms with Crippen LogP contribution in [0.1, 0.15) is 24.5 Å². The van der Waals surface area contributed by atoms with Crippen molar-refractivity contribution in [2.75, 3.05) is 27.9 Å². The van der Waals surface area contributed by atoms with Crippen molar-refractivity contribution in [1.82, 2.24) is 0 Å². The SMILES string of the molecule is CCCOCc1cc(OC)c2c(OCc3ccccc3)cc(OC)c(OC)c2c1. The van der Waals surface area contributed by atoms with Crippen molar-refractivity contribution in [3.63, 3.8) is 0 Å². The molecule has 0 heterocycles. The number of hydrogen-bond acceptors (Lipinski definition) is 5. The summed E-state index contributed by atoms with van der Waals surface area (Å²) in [7, 11) is 4.91. The Balaban J connectivity index is 2.09. The normalized spacial score (nSPS) is 10.8. The fourth-order valence-corrected chi connectivity index (χ4v) is 3.29. The zero-order chi connectivity index (χ0) is 20.6. The second-order valence-electron chi connectivity index (χ2n) is 6.66. The van der Waals surface area contributed by atoms with Crippen molar-refractivity contribution in [3.05, 3.63) is 59.7 Å². The molecule has 3 aromatic carbocycles. The number of methoxy groups -OCH3 is 3. The van der Waals surface area contributed by atoms with Crippen molar-refractivity contribution in [1.29, 1.82) is 0 Å². The molecular weight excluding hydrogens is 368 g/mol. The van der Waals surface area contributed by atoms with E-state index in [1.165, 1.54) is 0 Å². The largest absolute Gasteiger partial charge is 0.496 e. The molecule has 0 N–H and O–H groups in total. The fraction of sp³-hybridized carbons (Fsp3) is 0.333. The van der Waals surface area contributed by atoms with Crippen LogP contribution in [0.15, 0.2) is 48.5 Å². The maximum Gasteiger partial charge on any atom is 0.168 e. The Morgan fingerprint density at radius 2 is 1.48 bits per heavy atom. The van der Waals surface area contributed by atoms with Crippen LogP contribution in [-0.2, 0) is 18.0 Å². The van der Waals surface area contributed by atoms with Gasteiger partial charge in [0, 0.05) is 18.1 Å². The Morgan fingerprint density at radius 3 is 2.14 bits per heavy atom. The van der Waals surface area contributed by atoms with Crippen molar-refractivity contribution in [3.8, 4) is 23.0 Å². The average Bonchev–Trinajstić information content (AvgIpc) is 2.77. The fourth-order valence-electron chi connectivity index (χ4n) is 3.29.